The number of carbonyl (C=O) groups excluding carboxylic acids is 1. The van der Waals surface area contributed by atoms with Gasteiger partial charge in [0.1, 0.15) is 0 Å². The molecule has 2 aromatic rings. The van der Waals surface area contributed by atoms with Gasteiger partial charge in [0.15, 0.2) is 0 Å². The Labute approximate surface area is 136 Å². The second-order valence-electron chi connectivity index (χ2n) is 5.97. The van der Waals surface area contributed by atoms with Gasteiger partial charge in [-0.1, -0.05) is 17.7 Å². The molecule has 3 rings (SSSR count). The SMILES string of the molecule is Cc1cc(C)c2c(c1)C(NNC(=O)c1ccc(N)cc1)=CCC2. The predicted molar refractivity (Wildman–Crippen MR) is 93.7 cm³/mol. The minimum absolute atomic E-state index is 0.178. The van der Waals surface area contributed by atoms with Crippen molar-refractivity contribution in [2.45, 2.75) is 26.7 Å². The number of anilines is 1. The van der Waals surface area contributed by atoms with Crippen LogP contribution in [0.3, 0.4) is 0 Å². The number of hydrogen-bond acceptors (Lipinski definition) is 3. The number of fused-ring (bicyclic) bond motifs is 1. The van der Waals surface area contributed by atoms with Crippen molar-refractivity contribution in [3.8, 4) is 0 Å². The van der Waals surface area contributed by atoms with Gasteiger partial charge < -0.3 is 5.73 Å². The first-order chi connectivity index (χ1) is 11.0. The number of aryl methyl sites for hydroxylation is 2. The molecule has 0 bridgehead atoms. The van der Waals surface area contributed by atoms with Crippen molar-refractivity contribution in [2.24, 2.45) is 0 Å². The number of nitrogen functional groups attached to an aromatic ring is 1. The van der Waals surface area contributed by atoms with Crippen molar-refractivity contribution < 1.29 is 4.79 Å². The number of amides is 1. The molecule has 1 amide bonds. The summed E-state index contributed by atoms with van der Waals surface area (Å²) >= 11 is 0. The van der Waals surface area contributed by atoms with E-state index in [1.807, 2.05) is 0 Å². The number of benzene rings is 2. The van der Waals surface area contributed by atoms with Crippen LogP contribution in [-0.2, 0) is 6.42 Å². The molecule has 0 aliphatic heterocycles. The van der Waals surface area contributed by atoms with E-state index in [2.05, 4.69) is 42.9 Å². The maximum absolute atomic E-state index is 12.2. The van der Waals surface area contributed by atoms with Crippen molar-refractivity contribution in [3.05, 3.63) is 70.3 Å². The number of rotatable bonds is 3. The topological polar surface area (TPSA) is 67.1 Å². The van der Waals surface area contributed by atoms with Gasteiger partial charge in [0.05, 0.1) is 5.70 Å². The summed E-state index contributed by atoms with van der Waals surface area (Å²) in [5.41, 5.74) is 18.7. The molecule has 0 radical (unpaired) electrons. The van der Waals surface area contributed by atoms with Gasteiger partial charge in [-0.3, -0.25) is 15.6 Å². The lowest BCUT2D eigenvalue weighted by Gasteiger charge is -2.22. The van der Waals surface area contributed by atoms with Crippen LogP contribution in [0.25, 0.3) is 5.70 Å². The monoisotopic (exact) mass is 307 g/mol. The number of nitrogens with two attached hydrogens (primary N) is 1. The molecule has 4 nitrogen and oxygen atoms in total. The highest BCUT2D eigenvalue weighted by Gasteiger charge is 2.16. The third-order valence-electron chi connectivity index (χ3n) is 4.13. The summed E-state index contributed by atoms with van der Waals surface area (Å²) in [5, 5.41) is 0. The van der Waals surface area contributed by atoms with Crippen LogP contribution in [0.2, 0.25) is 0 Å². The standard InChI is InChI=1S/C19H21N3O/c1-12-10-13(2)16-4-3-5-18(17(16)11-12)21-22-19(23)14-6-8-15(20)9-7-14/h5-11,21H,3-4,20H2,1-2H3,(H,22,23). The van der Waals surface area contributed by atoms with Crippen molar-refractivity contribution in [1.29, 1.82) is 0 Å². The fourth-order valence-corrected chi connectivity index (χ4v) is 2.99. The normalized spacial score (nSPS) is 13.0. The molecule has 2 aromatic carbocycles. The molecule has 0 fully saturated rings. The first-order valence-electron chi connectivity index (χ1n) is 7.77. The number of carbonyl (C=O) groups is 1. The second kappa shape index (κ2) is 6.16. The summed E-state index contributed by atoms with van der Waals surface area (Å²) in [6.07, 6.45) is 4.14. The Morgan fingerprint density at radius 1 is 1.13 bits per heavy atom. The summed E-state index contributed by atoms with van der Waals surface area (Å²) in [7, 11) is 0. The molecule has 0 heterocycles. The number of hydrazine groups is 1. The lowest BCUT2D eigenvalue weighted by molar-refractivity contribution is 0.0942. The van der Waals surface area contributed by atoms with E-state index < -0.39 is 0 Å². The van der Waals surface area contributed by atoms with Gasteiger partial charge in [-0.2, -0.15) is 0 Å². The highest BCUT2D eigenvalue weighted by molar-refractivity contribution is 5.94. The van der Waals surface area contributed by atoms with Crippen LogP contribution in [0.4, 0.5) is 5.69 Å². The van der Waals surface area contributed by atoms with Crippen LogP contribution in [0.5, 0.6) is 0 Å². The Hall–Kier alpha value is -2.75. The van der Waals surface area contributed by atoms with Crippen molar-refractivity contribution >= 4 is 17.3 Å². The van der Waals surface area contributed by atoms with Gasteiger partial charge in [-0.15, -0.1) is 0 Å². The molecule has 0 unspecified atom stereocenters. The van der Waals surface area contributed by atoms with Gasteiger partial charge >= 0.3 is 0 Å². The van der Waals surface area contributed by atoms with Gasteiger partial charge in [-0.05, 0) is 68.1 Å². The highest BCUT2D eigenvalue weighted by Crippen LogP contribution is 2.28. The Bertz CT molecular complexity index is 776. The zero-order chi connectivity index (χ0) is 16.4. The maximum Gasteiger partial charge on any atom is 0.269 e. The second-order valence-corrected chi connectivity index (χ2v) is 5.97. The molecule has 0 atom stereocenters. The quantitative estimate of drug-likeness (QED) is 0.603. The lowest BCUT2D eigenvalue weighted by atomic mass is 9.89. The third-order valence-corrected chi connectivity index (χ3v) is 4.13. The average molecular weight is 307 g/mol. The van der Waals surface area contributed by atoms with E-state index in [4.69, 9.17) is 5.73 Å². The summed E-state index contributed by atoms with van der Waals surface area (Å²) < 4.78 is 0. The molecule has 0 aromatic heterocycles. The Kier molecular flexibility index (Phi) is 4.06. The van der Waals surface area contributed by atoms with Gasteiger partial charge in [0, 0.05) is 16.8 Å². The molecular weight excluding hydrogens is 286 g/mol. The van der Waals surface area contributed by atoms with E-state index in [-0.39, 0.29) is 5.91 Å². The maximum atomic E-state index is 12.2. The smallest absolute Gasteiger partial charge is 0.269 e. The van der Waals surface area contributed by atoms with E-state index >= 15 is 0 Å². The minimum Gasteiger partial charge on any atom is -0.399 e. The number of hydrogen-bond donors (Lipinski definition) is 3. The van der Waals surface area contributed by atoms with E-state index in [0.717, 1.165) is 18.5 Å². The lowest BCUT2D eigenvalue weighted by Crippen LogP contribution is -2.36. The molecule has 0 saturated carbocycles. The molecule has 1 aliphatic carbocycles. The summed E-state index contributed by atoms with van der Waals surface area (Å²) in [6, 6.07) is 11.2. The summed E-state index contributed by atoms with van der Waals surface area (Å²) in [6.45, 7) is 4.23. The van der Waals surface area contributed by atoms with Crippen LogP contribution in [0, 0.1) is 13.8 Å². The van der Waals surface area contributed by atoms with E-state index in [1.165, 1.54) is 22.3 Å². The Morgan fingerprint density at radius 2 is 1.87 bits per heavy atom. The zero-order valence-electron chi connectivity index (χ0n) is 13.4. The summed E-state index contributed by atoms with van der Waals surface area (Å²) in [5.74, 6) is -0.178. The molecule has 0 saturated heterocycles. The predicted octanol–water partition coefficient (Wildman–Crippen LogP) is 3.11. The fraction of sp³-hybridized carbons (Fsp3) is 0.211. The molecular formula is C19H21N3O. The molecule has 118 valence electrons. The van der Waals surface area contributed by atoms with Gasteiger partial charge in [0.2, 0.25) is 0 Å². The first kappa shape index (κ1) is 15.2. The largest absolute Gasteiger partial charge is 0.399 e. The molecule has 0 spiro atoms. The van der Waals surface area contributed by atoms with Crippen LogP contribution < -0.4 is 16.6 Å². The van der Waals surface area contributed by atoms with Gasteiger partial charge in [0.25, 0.3) is 5.91 Å². The van der Waals surface area contributed by atoms with Crippen LogP contribution in [-0.4, -0.2) is 5.91 Å². The zero-order valence-corrected chi connectivity index (χ0v) is 13.4. The Morgan fingerprint density at radius 3 is 2.61 bits per heavy atom. The summed E-state index contributed by atoms with van der Waals surface area (Å²) in [4.78, 5) is 12.2. The van der Waals surface area contributed by atoms with Crippen molar-refractivity contribution in [2.75, 3.05) is 5.73 Å². The minimum atomic E-state index is -0.178. The van der Waals surface area contributed by atoms with E-state index in [9.17, 15) is 4.79 Å². The van der Waals surface area contributed by atoms with Crippen molar-refractivity contribution in [3.63, 3.8) is 0 Å². The van der Waals surface area contributed by atoms with Gasteiger partial charge in [-0.25, -0.2) is 0 Å². The van der Waals surface area contributed by atoms with E-state index in [1.54, 1.807) is 24.3 Å². The fourth-order valence-electron chi connectivity index (χ4n) is 2.99. The molecule has 23 heavy (non-hydrogen) atoms. The third kappa shape index (κ3) is 3.21. The highest BCUT2D eigenvalue weighted by atomic mass is 16.2. The number of nitrogens with one attached hydrogen (secondary N) is 2. The van der Waals surface area contributed by atoms with Crippen LogP contribution in [0.1, 0.15) is 39.0 Å². The first-order valence-corrected chi connectivity index (χ1v) is 7.77. The van der Waals surface area contributed by atoms with Crippen molar-refractivity contribution in [1.82, 2.24) is 10.9 Å². The van der Waals surface area contributed by atoms with E-state index in [0.29, 0.717) is 11.3 Å². The Balaban J connectivity index is 1.76. The molecule has 4 N–H and O–H groups in total. The average Bonchev–Trinajstić information content (AvgIpc) is 2.53. The molecule has 4 heteroatoms. The van der Waals surface area contributed by atoms with Crippen LogP contribution >= 0.6 is 0 Å². The number of allylic oxidation sites excluding steroid dienone is 1. The molecule has 1 aliphatic rings. The van der Waals surface area contributed by atoms with Crippen LogP contribution in [0.15, 0.2) is 42.5 Å².